The van der Waals surface area contributed by atoms with Crippen LogP contribution in [-0.2, 0) is 6.54 Å². The van der Waals surface area contributed by atoms with Gasteiger partial charge in [0.1, 0.15) is 5.75 Å². The van der Waals surface area contributed by atoms with Crippen LogP contribution in [0.15, 0.2) is 79.0 Å². The summed E-state index contributed by atoms with van der Waals surface area (Å²) in [6.45, 7) is 0.303. The number of carbonyl (C=O) groups is 1. The molecule has 122 valence electrons. The first-order chi connectivity index (χ1) is 12.3. The van der Waals surface area contributed by atoms with E-state index in [2.05, 4.69) is 0 Å². The quantitative estimate of drug-likeness (QED) is 0.416. The number of carbonyl (C=O) groups excluding carboxylic acids is 1. The fraction of sp³-hybridized carbons (Fsp3) is 0.0909. The molecule has 3 nitrogen and oxygen atoms in total. The molecule has 0 unspecified atom stereocenters. The van der Waals surface area contributed by atoms with Crippen LogP contribution in [0.5, 0.6) is 5.75 Å². The Hall–Kier alpha value is -3.20. The minimum absolute atomic E-state index is 0.102. The lowest BCUT2D eigenvalue weighted by atomic mass is 10.0. The molecule has 0 saturated heterocycles. The van der Waals surface area contributed by atoms with Gasteiger partial charge in [0.15, 0.2) is 6.20 Å². The van der Waals surface area contributed by atoms with E-state index in [9.17, 15) is 4.79 Å². The van der Waals surface area contributed by atoms with Crippen LogP contribution >= 0.6 is 0 Å². The highest BCUT2D eigenvalue weighted by atomic mass is 16.5. The molecule has 0 aliphatic heterocycles. The van der Waals surface area contributed by atoms with E-state index >= 15 is 0 Å². The summed E-state index contributed by atoms with van der Waals surface area (Å²) in [7, 11) is 1.65. The van der Waals surface area contributed by atoms with Crippen LogP contribution in [0, 0.1) is 0 Å². The minimum atomic E-state index is 0.102. The van der Waals surface area contributed by atoms with Crippen molar-refractivity contribution in [2.75, 3.05) is 7.11 Å². The fourth-order valence-electron chi connectivity index (χ4n) is 3.23. The van der Waals surface area contributed by atoms with Gasteiger partial charge in [0.25, 0.3) is 0 Å². The molecule has 25 heavy (non-hydrogen) atoms. The summed E-state index contributed by atoms with van der Waals surface area (Å²) in [4.78, 5) is 12.9. The molecule has 0 atom stereocenters. The summed E-state index contributed by atoms with van der Waals surface area (Å²) in [5.41, 5.74) is 1.77. The predicted octanol–water partition coefficient (Wildman–Crippen LogP) is 4.17. The molecule has 0 saturated carbocycles. The van der Waals surface area contributed by atoms with Crippen LogP contribution in [0.2, 0.25) is 0 Å². The lowest BCUT2D eigenvalue weighted by Gasteiger charge is -2.06. The summed E-state index contributed by atoms with van der Waals surface area (Å²) >= 11 is 0. The molecule has 0 amide bonds. The molecule has 1 heterocycles. The Morgan fingerprint density at radius 2 is 1.72 bits per heavy atom. The highest BCUT2D eigenvalue weighted by molar-refractivity contribution is 6.07. The first-order valence-corrected chi connectivity index (χ1v) is 8.23. The van der Waals surface area contributed by atoms with Gasteiger partial charge in [0.2, 0.25) is 17.8 Å². The molecule has 0 aliphatic rings. The highest BCUT2D eigenvalue weighted by Crippen LogP contribution is 2.20. The SMILES string of the molecule is COc1ccc2c(ccc[n+]2CC(=O)c2cccc3ccccc23)c1. The number of nitrogens with zero attached hydrogens (tertiary/aromatic N) is 1. The third-order valence-electron chi connectivity index (χ3n) is 4.49. The molecule has 4 aromatic rings. The molecule has 1 aromatic heterocycles. The van der Waals surface area contributed by atoms with Gasteiger partial charge in [-0.15, -0.1) is 0 Å². The molecule has 0 spiro atoms. The Bertz CT molecular complexity index is 1080. The van der Waals surface area contributed by atoms with Gasteiger partial charge in [0.05, 0.1) is 12.5 Å². The fourth-order valence-corrected chi connectivity index (χ4v) is 3.23. The maximum absolute atomic E-state index is 12.9. The third kappa shape index (κ3) is 2.85. The number of hydrogen-bond donors (Lipinski definition) is 0. The van der Waals surface area contributed by atoms with Crippen molar-refractivity contribution in [2.45, 2.75) is 6.54 Å². The van der Waals surface area contributed by atoms with Gasteiger partial charge < -0.3 is 4.74 Å². The van der Waals surface area contributed by atoms with E-state index in [4.69, 9.17) is 4.74 Å². The van der Waals surface area contributed by atoms with Crippen molar-refractivity contribution in [2.24, 2.45) is 0 Å². The maximum Gasteiger partial charge on any atom is 0.228 e. The van der Waals surface area contributed by atoms with E-state index in [-0.39, 0.29) is 5.78 Å². The van der Waals surface area contributed by atoms with Gasteiger partial charge >= 0.3 is 0 Å². The lowest BCUT2D eigenvalue weighted by Crippen LogP contribution is -2.38. The van der Waals surface area contributed by atoms with Crippen molar-refractivity contribution in [3.8, 4) is 5.75 Å². The highest BCUT2D eigenvalue weighted by Gasteiger charge is 2.17. The van der Waals surface area contributed by atoms with Crippen LogP contribution < -0.4 is 9.30 Å². The van der Waals surface area contributed by atoms with Gasteiger partial charge in [0, 0.05) is 17.7 Å². The number of fused-ring (bicyclic) bond motifs is 2. The van der Waals surface area contributed by atoms with Crippen molar-refractivity contribution in [1.82, 2.24) is 0 Å². The summed E-state index contributed by atoms with van der Waals surface area (Å²) in [5, 5.41) is 3.13. The molecule has 3 aromatic carbocycles. The smallest absolute Gasteiger partial charge is 0.228 e. The van der Waals surface area contributed by atoms with Crippen LogP contribution in [0.1, 0.15) is 10.4 Å². The van der Waals surface area contributed by atoms with Crippen molar-refractivity contribution in [1.29, 1.82) is 0 Å². The number of benzene rings is 3. The summed E-state index contributed by atoms with van der Waals surface area (Å²) < 4.78 is 7.27. The van der Waals surface area contributed by atoms with Crippen molar-refractivity contribution in [3.05, 3.63) is 84.6 Å². The lowest BCUT2D eigenvalue weighted by molar-refractivity contribution is -0.657. The van der Waals surface area contributed by atoms with Gasteiger partial charge in [-0.3, -0.25) is 4.79 Å². The Morgan fingerprint density at radius 3 is 2.60 bits per heavy atom. The summed E-state index contributed by atoms with van der Waals surface area (Å²) in [5.74, 6) is 0.913. The number of hydrogen-bond acceptors (Lipinski definition) is 2. The number of methoxy groups -OCH3 is 1. The van der Waals surface area contributed by atoms with E-state index in [0.717, 1.165) is 33.0 Å². The monoisotopic (exact) mass is 328 g/mol. The van der Waals surface area contributed by atoms with E-state index < -0.39 is 0 Å². The molecular formula is C22H18NO2+. The Morgan fingerprint density at radius 1 is 0.920 bits per heavy atom. The zero-order chi connectivity index (χ0) is 17.2. The Balaban J connectivity index is 1.74. The maximum atomic E-state index is 12.9. The third-order valence-corrected chi connectivity index (χ3v) is 4.49. The molecule has 4 rings (SSSR count). The summed E-state index contributed by atoms with van der Waals surface area (Å²) in [6.07, 6.45) is 1.94. The van der Waals surface area contributed by atoms with Gasteiger partial charge in [-0.2, -0.15) is 4.57 Å². The number of ketones is 1. The second-order valence-corrected chi connectivity index (χ2v) is 6.01. The Labute approximate surface area is 146 Å². The standard InChI is InChI=1S/C22H18NO2/c1-25-18-11-12-21-17(14-18)8-5-13-23(21)15-22(24)20-10-4-7-16-6-2-3-9-19(16)20/h2-14H,15H2,1H3/q+1. The van der Waals surface area contributed by atoms with Crippen LogP contribution in [0.25, 0.3) is 21.7 Å². The first kappa shape index (κ1) is 15.3. The van der Waals surface area contributed by atoms with Crippen LogP contribution in [0.4, 0.5) is 0 Å². The van der Waals surface area contributed by atoms with Crippen molar-refractivity contribution < 1.29 is 14.1 Å². The topological polar surface area (TPSA) is 30.2 Å². The zero-order valence-electron chi connectivity index (χ0n) is 14.0. The zero-order valence-corrected chi connectivity index (χ0v) is 14.0. The predicted molar refractivity (Wildman–Crippen MR) is 99.0 cm³/mol. The molecular weight excluding hydrogens is 310 g/mol. The number of ether oxygens (including phenoxy) is 1. The number of aromatic nitrogens is 1. The van der Waals surface area contributed by atoms with Gasteiger partial charge in [-0.25, -0.2) is 0 Å². The second kappa shape index (κ2) is 6.36. The number of Topliss-reactive ketones (excluding diaryl/α,β-unsaturated/α-hetero) is 1. The largest absolute Gasteiger partial charge is 0.497 e. The first-order valence-electron chi connectivity index (χ1n) is 8.23. The van der Waals surface area contributed by atoms with Crippen molar-refractivity contribution in [3.63, 3.8) is 0 Å². The normalized spacial score (nSPS) is 10.9. The van der Waals surface area contributed by atoms with Gasteiger partial charge in [-0.05, 0) is 29.0 Å². The number of rotatable bonds is 4. The Kier molecular flexibility index (Phi) is 3.90. The molecule has 0 aliphatic carbocycles. The molecule has 3 heteroatoms. The van der Waals surface area contributed by atoms with E-state index in [1.165, 1.54) is 0 Å². The molecule has 0 radical (unpaired) electrons. The van der Waals surface area contributed by atoms with Gasteiger partial charge in [-0.1, -0.05) is 42.5 Å². The van der Waals surface area contributed by atoms with Crippen LogP contribution in [0.3, 0.4) is 0 Å². The average molecular weight is 328 g/mol. The molecule has 0 N–H and O–H groups in total. The molecule has 0 fully saturated rings. The number of pyridine rings is 1. The molecule has 0 bridgehead atoms. The van der Waals surface area contributed by atoms with Crippen LogP contribution in [-0.4, -0.2) is 12.9 Å². The van der Waals surface area contributed by atoms with Crippen molar-refractivity contribution >= 4 is 27.5 Å². The average Bonchev–Trinajstić information content (AvgIpc) is 2.67. The van der Waals surface area contributed by atoms with E-state index in [1.54, 1.807) is 7.11 Å². The van der Waals surface area contributed by atoms with E-state index in [0.29, 0.717) is 6.54 Å². The summed E-state index contributed by atoms with van der Waals surface area (Å²) in [6, 6.07) is 23.7. The van der Waals surface area contributed by atoms with E-state index in [1.807, 2.05) is 83.6 Å². The minimum Gasteiger partial charge on any atom is -0.497 e. The second-order valence-electron chi connectivity index (χ2n) is 6.01.